The molecule has 2 saturated heterocycles. The predicted molar refractivity (Wildman–Crippen MR) is 88.5 cm³/mol. The summed E-state index contributed by atoms with van der Waals surface area (Å²) >= 11 is 0. The van der Waals surface area contributed by atoms with Gasteiger partial charge in [-0.3, -0.25) is 9.69 Å². The molecule has 4 atom stereocenters. The molecule has 0 aromatic carbocycles. The van der Waals surface area contributed by atoms with Gasteiger partial charge in [0.1, 0.15) is 5.69 Å². The normalized spacial score (nSPS) is 33.7. The number of likely N-dealkylation sites (tertiary alicyclic amines) is 1. The highest BCUT2D eigenvalue weighted by Crippen LogP contribution is 2.43. The van der Waals surface area contributed by atoms with Gasteiger partial charge < -0.3 is 14.6 Å². The van der Waals surface area contributed by atoms with Crippen molar-refractivity contribution in [2.24, 2.45) is 5.92 Å². The molecule has 3 aliphatic rings. The summed E-state index contributed by atoms with van der Waals surface area (Å²) in [6.45, 7) is 7.34. The van der Waals surface area contributed by atoms with E-state index in [1.165, 1.54) is 12.8 Å². The van der Waals surface area contributed by atoms with E-state index in [2.05, 4.69) is 24.1 Å². The van der Waals surface area contributed by atoms with Crippen LogP contribution in [-0.4, -0.2) is 53.3 Å². The van der Waals surface area contributed by atoms with Crippen LogP contribution in [0, 0.1) is 5.92 Å². The summed E-state index contributed by atoms with van der Waals surface area (Å²) in [4.78, 5) is 15.3. The number of hydrogen-bond acceptors (Lipinski definition) is 3. The summed E-state index contributed by atoms with van der Waals surface area (Å²) in [5.41, 5.74) is 0.766. The highest BCUT2D eigenvalue weighted by Gasteiger charge is 2.56. The zero-order valence-electron chi connectivity index (χ0n) is 14.1. The molecule has 2 aliphatic heterocycles. The lowest BCUT2D eigenvalue weighted by Crippen LogP contribution is -2.70. The van der Waals surface area contributed by atoms with Gasteiger partial charge in [0, 0.05) is 24.8 Å². The maximum Gasteiger partial charge on any atom is 0.268 e. The van der Waals surface area contributed by atoms with Crippen LogP contribution in [0.2, 0.25) is 0 Å². The first kappa shape index (κ1) is 15.2. The molecule has 0 bridgehead atoms. The van der Waals surface area contributed by atoms with E-state index in [0.717, 1.165) is 31.8 Å². The van der Waals surface area contributed by atoms with Gasteiger partial charge in [0.15, 0.2) is 0 Å². The third-order valence-electron chi connectivity index (χ3n) is 5.78. The molecule has 0 unspecified atom stereocenters. The second-order valence-electron chi connectivity index (χ2n) is 7.42. The van der Waals surface area contributed by atoms with E-state index in [9.17, 15) is 4.79 Å². The topological polar surface area (TPSA) is 46.5 Å². The van der Waals surface area contributed by atoms with Gasteiger partial charge in [0.05, 0.1) is 18.2 Å². The molecule has 1 aliphatic carbocycles. The summed E-state index contributed by atoms with van der Waals surface area (Å²) in [5, 5.41) is 3.33. The largest absolute Gasteiger partial charge is 0.376 e. The standard InChI is InChI=1S/C18H27N3O2/c1-12(2)21-10-5-6-14(21)18(22)19-15-13-7-11-23-17(13)16(15)20-8-3-4-9-20/h5-6,10,12-13,15-17H,3-4,7-9,11H2,1-2H3,(H,19,22)/t13-,15+,16-,17-/m1/s1. The molecule has 1 amide bonds. The van der Waals surface area contributed by atoms with Gasteiger partial charge in [0.2, 0.25) is 0 Å². The van der Waals surface area contributed by atoms with Crippen molar-refractivity contribution < 1.29 is 9.53 Å². The number of hydrogen-bond donors (Lipinski definition) is 1. The van der Waals surface area contributed by atoms with E-state index < -0.39 is 0 Å². The van der Waals surface area contributed by atoms with Crippen molar-refractivity contribution in [3.05, 3.63) is 24.0 Å². The SMILES string of the molecule is CC(C)n1cccc1C(=O)N[C@H]1[C@H]2CCO[C@H]2[C@@H]1N1CCCC1. The first-order valence-corrected chi connectivity index (χ1v) is 9.00. The molecule has 1 saturated carbocycles. The molecule has 4 rings (SSSR count). The fourth-order valence-corrected chi connectivity index (χ4v) is 4.60. The van der Waals surface area contributed by atoms with Crippen molar-refractivity contribution in [1.82, 2.24) is 14.8 Å². The van der Waals surface area contributed by atoms with Crippen LogP contribution in [0.25, 0.3) is 0 Å². The predicted octanol–water partition coefficient (Wildman–Crippen LogP) is 2.05. The Balaban J connectivity index is 1.50. The van der Waals surface area contributed by atoms with Crippen molar-refractivity contribution in [2.75, 3.05) is 19.7 Å². The van der Waals surface area contributed by atoms with Gasteiger partial charge in [-0.1, -0.05) is 0 Å². The van der Waals surface area contributed by atoms with E-state index in [-0.39, 0.29) is 11.9 Å². The molecular formula is C18H27N3O2. The van der Waals surface area contributed by atoms with Crippen LogP contribution in [-0.2, 0) is 4.74 Å². The first-order valence-electron chi connectivity index (χ1n) is 9.00. The summed E-state index contributed by atoms with van der Waals surface area (Å²) in [5.74, 6) is 0.551. The van der Waals surface area contributed by atoms with Crippen molar-refractivity contribution in [1.29, 1.82) is 0 Å². The first-order chi connectivity index (χ1) is 11.2. The fraction of sp³-hybridized carbons (Fsp3) is 0.722. The Morgan fingerprint density at radius 1 is 1.35 bits per heavy atom. The van der Waals surface area contributed by atoms with Crippen LogP contribution in [0.4, 0.5) is 0 Å². The Hall–Kier alpha value is -1.33. The number of carbonyl (C=O) groups excluding carboxylic acids is 1. The number of ether oxygens (including phenoxy) is 1. The van der Waals surface area contributed by atoms with Gasteiger partial charge in [-0.2, -0.15) is 0 Å². The van der Waals surface area contributed by atoms with E-state index >= 15 is 0 Å². The fourth-order valence-electron chi connectivity index (χ4n) is 4.60. The van der Waals surface area contributed by atoms with Crippen LogP contribution in [0.5, 0.6) is 0 Å². The Kier molecular flexibility index (Phi) is 3.93. The van der Waals surface area contributed by atoms with E-state index in [1.54, 1.807) is 0 Å². The minimum absolute atomic E-state index is 0.0586. The van der Waals surface area contributed by atoms with Gasteiger partial charge in [-0.15, -0.1) is 0 Å². The summed E-state index contributed by atoms with van der Waals surface area (Å²) in [7, 11) is 0. The summed E-state index contributed by atoms with van der Waals surface area (Å²) in [6.07, 6.45) is 5.93. The molecule has 3 fully saturated rings. The Bertz CT molecular complexity index is 572. The number of rotatable bonds is 4. The van der Waals surface area contributed by atoms with Crippen molar-refractivity contribution >= 4 is 5.91 Å². The molecule has 1 N–H and O–H groups in total. The molecular weight excluding hydrogens is 290 g/mol. The molecule has 1 aromatic rings. The minimum Gasteiger partial charge on any atom is -0.376 e. The average molecular weight is 317 g/mol. The molecule has 5 heteroatoms. The minimum atomic E-state index is 0.0586. The zero-order chi connectivity index (χ0) is 16.0. The molecule has 1 aromatic heterocycles. The highest BCUT2D eigenvalue weighted by atomic mass is 16.5. The van der Waals surface area contributed by atoms with Gasteiger partial charge in [0.25, 0.3) is 5.91 Å². The number of nitrogens with zero attached hydrogens (tertiary/aromatic N) is 2. The second kappa shape index (κ2) is 5.95. The van der Waals surface area contributed by atoms with E-state index in [4.69, 9.17) is 4.74 Å². The third-order valence-corrected chi connectivity index (χ3v) is 5.78. The molecule has 3 heterocycles. The number of amides is 1. The molecule has 126 valence electrons. The van der Waals surface area contributed by atoms with Crippen molar-refractivity contribution in [3.63, 3.8) is 0 Å². The highest BCUT2D eigenvalue weighted by molar-refractivity contribution is 5.93. The van der Waals surface area contributed by atoms with Crippen molar-refractivity contribution in [3.8, 4) is 0 Å². The second-order valence-corrected chi connectivity index (χ2v) is 7.42. The van der Waals surface area contributed by atoms with Gasteiger partial charge >= 0.3 is 0 Å². The summed E-state index contributed by atoms with van der Waals surface area (Å²) < 4.78 is 7.99. The van der Waals surface area contributed by atoms with E-state index in [0.29, 0.717) is 24.1 Å². The monoisotopic (exact) mass is 317 g/mol. The molecule has 0 spiro atoms. The van der Waals surface area contributed by atoms with Crippen molar-refractivity contribution in [2.45, 2.75) is 57.3 Å². The van der Waals surface area contributed by atoms with Crippen LogP contribution in [0.3, 0.4) is 0 Å². The maximum atomic E-state index is 12.8. The maximum absolute atomic E-state index is 12.8. The molecule has 5 nitrogen and oxygen atoms in total. The number of nitrogens with one attached hydrogen (secondary N) is 1. The lowest BCUT2D eigenvalue weighted by molar-refractivity contribution is -0.0748. The Labute approximate surface area is 138 Å². The smallest absolute Gasteiger partial charge is 0.268 e. The molecule has 23 heavy (non-hydrogen) atoms. The van der Waals surface area contributed by atoms with Crippen LogP contribution >= 0.6 is 0 Å². The Morgan fingerprint density at radius 3 is 2.87 bits per heavy atom. The van der Waals surface area contributed by atoms with Crippen LogP contribution < -0.4 is 5.32 Å². The average Bonchev–Trinajstić information content (AvgIpc) is 3.25. The lowest BCUT2D eigenvalue weighted by Gasteiger charge is -2.51. The van der Waals surface area contributed by atoms with Crippen LogP contribution in [0.1, 0.15) is 49.6 Å². The quantitative estimate of drug-likeness (QED) is 0.924. The third kappa shape index (κ3) is 2.50. The lowest BCUT2D eigenvalue weighted by atomic mass is 9.70. The molecule has 0 radical (unpaired) electrons. The Morgan fingerprint density at radius 2 is 2.13 bits per heavy atom. The van der Waals surface area contributed by atoms with E-state index in [1.807, 2.05) is 22.9 Å². The van der Waals surface area contributed by atoms with Gasteiger partial charge in [-0.05, 0) is 58.3 Å². The number of aromatic nitrogens is 1. The summed E-state index contributed by atoms with van der Waals surface area (Å²) in [6, 6.07) is 4.78. The van der Waals surface area contributed by atoms with Gasteiger partial charge in [-0.25, -0.2) is 0 Å². The van der Waals surface area contributed by atoms with Crippen LogP contribution in [0.15, 0.2) is 18.3 Å². The number of fused-ring (bicyclic) bond motifs is 1. The zero-order valence-corrected chi connectivity index (χ0v) is 14.1. The number of carbonyl (C=O) groups is 1.